The molecule has 0 saturated heterocycles. The fourth-order valence-corrected chi connectivity index (χ4v) is 2.20. The molecule has 1 aromatic heterocycles. The Kier molecular flexibility index (Phi) is 6.51. The van der Waals surface area contributed by atoms with Crippen LogP contribution in [0.1, 0.15) is 37.6 Å². The smallest absolute Gasteiger partial charge is 0.252 e. The number of pyridine rings is 1. The van der Waals surface area contributed by atoms with Crippen LogP contribution in [-0.2, 0) is 4.79 Å². The molecule has 132 valence electrons. The van der Waals surface area contributed by atoms with E-state index in [1.54, 1.807) is 18.3 Å². The summed E-state index contributed by atoms with van der Waals surface area (Å²) in [4.78, 5) is 27.4. The van der Waals surface area contributed by atoms with Crippen molar-refractivity contribution in [3.8, 4) is 0 Å². The van der Waals surface area contributed by atoms with Crippen molar-refractivity contribution in [2.75, 3.05) is 17.2 Å². The second kappa shape index (κ2) is 8.82. The van der Waals surface area contributed by atoms with Crippen LogP contribution in [0.25, 0.3) is 0 Å². The molecule has 2 amide bonds. The zero-order valence-electron chi connectivity index (χ0n) is 14.8. The molecule has 0 aliphatic rings. The van der Waals surface area contributed by atoms with Crippen LogP contribution >= 0.6 is 0 Å². The Morgan fingerprint density at radius 2 is 1.88 bits per heavy atom. The number of hydrogen-bond donors (Lipinski definition) is 3. The summed E-state index contributed by atoms with van der Waals surface area (Å²) >= 11 is 0. The van der Waals surface area contributed by atoms with Gasteiger partial charge in [0, 0.05) is 31.0 Å². The first-order valence-electron chi connectivity index (χ1n) is 8.33. The van der Waals surface area contributed by atoms with Crippen LogP contribution in [0.3, 0.4) is 0 Å². The zero-order chi connectivity index (χ0) is 18.2. The zero-order valence-corrected chi connectivity index (χ0v) is 14.8. The summed E-state index contributed by atoms with van der Waals surface area (Å²) in [6.45, 7) is 6.36. The van der Waals surface area contributed by atoms with E-state index in [-0.39, 0.29) is 11.8 Å². The minimum absolute atomic E-state index is 0.118. The molecule has 1 aromatic carbocycles. The summed E-state index contributed by atoms with van der Waals surface area (Å²) in [7, 11) is 0. The number of amides is 2. The lowest BCUT2D eigenvalue weighted by Gasteiger charge is -2.09. The SMILES string of the molecule is CC(=O)Nc1cccc(Nc2ccc(C(=O)NCCC(C)C)cn2)c1. The van der Waals surface area contributed by atoms with Crippen LogP contribution in [0.2, 0.25) is 0 Å². The van der Waals surface area contributed by atoms with Gasteiger partial charge in [-0.3, -0.25) is 9.59 Å². The Labute approximate surface area is 148 Å². The van der Waals surface area contributed by atoms with Gasteiger partial charge in [-0.2, -0.15) is 0 Å². The van der Waals surface area contributed by atoms with E-state index >= 15 is 0 Å². The van der Waals surface area contributed by atoms with E-state index in [4.69, 9.17) is 0 Å². The first kappa shape index (κ1) is 18.4. The van der Waals surface area contributed by atoms with Gasteiger partial charge in [-0.05, 0) is 42.7 Å². The van der Waals surface area contributed by atoms with Crippen LogP contribution in [0.4, 0.5) is 17.2 Å². The molecule has 25 heavy (non-hydrogen) atoms. The highest BCUT2D eigenvalue weighted by atomic mass is 16.2. The molecule has 1 heterocycles. The van der Waals surface area contributed by atoms with Gasteiger partial charge in [0.1, 0.15) is 5.82 Å². The summed E-state index contributed by atoms with van der Waals surface area (Å²) in [6.07, 6.45) is 2.49. The summed E-state index contributed by atoms with van der Waals surface area (Å²) in [5, 5.41) is 8.76. The number of hydrogen-bond acceptors (Lipinski definition) is 4. The highest BCUT2D eigenvalue weighted by Gasteiger charge is 2.06. The van der Waals surface area contributed by atoms with Crippen molar-refractivity contribution in [3.63, 3.8) is 0 Å². The van der Waals surface area contributed by atoms with E-state index in [2.05, 4.69) is 34.8 Å². The maximum absolute atomic E-state index is 12.0. The van der Waals surface area contributed by atoms with Gasteiger partial charge in [-0.1, -0.05) is 19.9 Å². The maximum atomic E-state index is 12.0. The summed E-state index contributed by atoms with van der Waals surface area (Å²) < 4.78 is 0. The summed E-state index contributed by atoms with van der Waals surface area (Å²) in [6, 6.07) is 10.8. The topological polar surface area (TPSA) is 83.1 Å². The molecule has 0 spiro atoms. The third-order valence-corrected chi connectivity index (χ3v) is 3.49. The fourth-order valence-electron chi connectivity index (χ4n) is 2.20. The van der Waals surface area contributed by atoms with Crippen molar-refractivity contribution in [2.45, 2.75) is 27.2 Å². The highest BCUT2D eigenvalue weighted by Crippen LogP contribution is 2.19. The molecule has 0 aliphatic heterocycles. The minimum Gasteiger partial charge on any atom is -0.352 e. The Bertz CT molecular complexity index is 726. The van der Waals surface area contributed by atoms with E-state index in [9.17, 15) is 9.59 Å². The molecule has 0 unspecified atom stereocenters. The van der Waals surface area contributed by atoms with Gasteiger partial charge in [0.05, 0.1) is 5.56 Å². The van der Waals surface area contributed by atoms with E-state index in [1.165, 1.54) is 6.92 Å². The maximum Gasteiger partial charge on any atom is 0.252 e. The average Bonchev–Trinajstić information content (AvgIpc) is 2.55. The quantitative estimate of drug-likeness (QED) is 0.720. The molecule has 6 nitrogen and oxygen atoms in total. The van der Waals surface area contributed by atoms with Gasteiger partial charge in [-0.25, -0.2) is 4.98 Å². The first-order valence-corrected chi connectivity index (χ1v) is 8.33. The Morgan fingerprint density at radius 3 is 2.52 bits per heavy atom. The van der Waals surface area contributed by atoms with Crippen molar-refractivity contribution in [1.29, 1.82) is 0 Å². The lowest BCUT2D eigenvalue weighted by molar-refractivity contribution is -0.114. The van der Waals surface area contributed by atoms with Gasteiger partial charge in [0.25, 0.3) is 5.91 Å². The number of rotatable bonds is 7. The van der Waals surface area contributed by atoms with Gasteiger partial charge < -0.3 is 16.0 Å². The molecule has 0 aliphatic carbocycles. The number of carbonyl (C=O) groups excluding carboxylic acids is 2. The van der Waals surface area contributed by atoms with Gasteiger partial charge in [-0.15, -0.1) is 0 Å². The first-order chi connectivity index (χ1) is 11.9. The van der Waals surface area contributed by atoms with Gasteiger partial charge in [0.2, 0.25) is 5.91 Å². The van der Waals surface area contributed by atoms with E-state index in [1.807, 2.05) is 24.3 Å². The third kappa shape index (κ3) is 6.25. The average molecular weight is 340 g/mol. The van der Waals surface area contributed by atoms with Crippen molar-refractivity contribution in [1.82, 2.24) is 10.3 Å². The van der Waals surface area contributed by atoms with Gasteiger partial charge in [0.15, 0.2) is 0 Å². The molecule has 2 aromatic rings. The molecular formula is C19H24N4O2. The van der Waals surface area contributed by atoms with Crippen molar-refractivity contribution in [3.05, 3.63) is 48.2 Å². The van der Waals surface area contributed by atoms with Crippen LogP contribution < -0.4 is 16.0 Å². The van der Waals surface area contributed by atoms with Crippen molar-refractivity contribution in [2.24, 2.45) is 5.92 Å². The summed E-state index contributed by atoms with van der Waals surface area (Å²) in [5.41, 5.74) is 2.04. The van der Waals surface area contributed by atoms with Crippen LogP contribution in [-0.4, -0.2) is 23.3 Å². The van der Waals surface area contributed by atoms with Crippen LogP contribution in [0.5, 0.6) is 0 Å². The second-order valence-electron chi connectivity index (χ2n) is 6.26. The van der Waals surface area contributed by atoms with E-state index < -0.39 is 0 Å². The molecule has 0 fully saturated rings. The van der Waals surface area contributed by atoms with Gasteiger partial charge >= 0.3 is 0 Å². The monoisotopic (exact) mass is 340 g/mol. The van der Waals surface area contributed by atoms with Crippen molar-refractivity contribution >= 4 is 29.0 Å². The second-order valence-corrected chi connectivity index (χ2v) is 6.26. The number of nitrogens with zero attached hydrogens (tertiary/aromatic N) is 1. The molecular weight excluding hydrogens is 316 g/mol. The third-order valence-electron chi connectivity index (χ3n) is 3.49. The molecule has 2 rings (SSSR count). The summed E-state index contributed by atoms with van der Waals surface area (Å²) in [5.74, 6) is 0.937. The molecule has 0 radical (unpaired) electrons. The molecule has 0 saturated carbocycles. The number of anilines is 3. The predicted octanol–water partition coefficient (Wildman–Crippen LogP) is 3.56. The predicted molar refractivity (Wildman–Crippen MR) is 100 cm³/mol. The number of benzene rings is 1. The minimum atomic E-state index is -0.122. The molecule has 0 atom stereocenters. The normalized spacial score (nSPS) is 10.4. The molecule has 0 bridgehead atoms. The molecule has 3 N–H and O–H groups in total. The standard InChI is InChI=1S/C19H24N4O2/c1-13(2)9-10-20-19(25)15-7-8-18(21-12-15)23-17-6-4-5-16(11-17)22-14(3)24/h4-8,11-13H,9-10H2,1-3H3,(H,20,25)(H,21,23)(H,22,24). The Hall–Kier alpha value is -2.89. The van der Waals surface area contributed by atoms with E-state index in [0.717, 1.165) is 12.1 Å². The van der Waals surface area contributed by atoms with Crippen molar-refractivity contribution < 1.29 is 9.59 Å². The Balaban J connectivity index is 1.96. The molecule has 6 heteroatoms. The van der Waals surface area contributed by atoms with E-state index in [0.29, 0.717) is 29.5 Å². The number of nitrogens with one attached hydrogen (secondary N) is 3. The largest absolute Gasteiger partial charge is 0.352 e. The number of carbonyl (C=O) groups is 2. The lowest BCUT2D eigenvalue weighted by atomic mass is 10.1. The Morgan fingerprint density at radius 1 is 1.12 bits per heavy atom. The highest BCUT2D eigenvalue weighted by molar-refractivity contribution is 5.94. The van der Waals surface area contributed by atoms with Crippen LogP contribution in [0, 0.1) is 5.92 Å². The number of aromatic nitrogens is 1. The van der Waals surface area contributed by atoms with Crippen LogP contribution in [0.15, 0.2) is 42.6 Å². The fraction of sp³-hybridized carbons (Fsp3) is 0.316. The lowest BCUT2D eigenvalue weighted by Crippen LogP contribution is -2.25.